The lowest BCUT2D eigenvalue weighted by Crippen LogP contribution is -2.40. The molecule has 1 fully saturated rings. The third-order valence-corrected chi connectivity index (χ3v) is 4.76. The van der Waals surface area contributed by atoms with Crippen molar-refractivity contribution in [3.8, 4) is 0 Å². The van der Waals surface area contributed by atoms with Gasteiger partial charge in [-0.15, -0.1) is 0 Å². The van der Waals surface area contributed by atoms with E-state index in [1.807, 2.05) is 41.3 Å². The molecule has 0 aliphatic carbocycles. The SMILES string of the molecule is CC(Nc1cccc(C(=O)N2CCCC(CO)C2)c1)c1ccncc1. The number of aromatic nitrogens is 1. The van der Waals surface area contributed by atoms with E-state index in [0.717, 1.165) is 30.6 Å². The molecule has 1 aromatic carbocycles. The first-order valence-corrected chi connectivity index (χ1v) is 8.84. The first-order chi connectivity index (χ1) is 12.2. The summed E-state index contributed by atoms with van der Waals surface area (Å²) in [5, 5.41) is 12.8. The fraction of sp³-hybridized carbons (Fsp3) is 0.400. The molecule has 2 heterocycles. The lowest BCUT2D eigenvalue weighted by Gasteiger charge is -2.32. The van der Waals surface area contributed by atoms with Crippen LogP contribution in [0, 0.1) is 5.92 Å². The number of aliphatic hydroxyl groups excluding tert-OH is 1. The molecule has 1 aromatic heterocycles. The zero-order chi connectivity index (χ0) is 17.6. The van der Waals surface area contributed by atoms with Gasteiger partial charge in [-0.3, -0.25) is 9.78 Å². The predicted octanol–water partition coefficient (Wildman–Crippen LogP) is 3.10. The first kappa shape index (κ1) is 17.4. The van der Waals surface area contributed by atoms with Crippen molar-refractivity contribution in [3.63, 3.8) is 0 Å². The van der Waals surface area contributed by atoms with E-state index < -0.39 is 0 Å². The van der Waals surface area contributed by atoms with Gasteiger partial charge in [-0.25, -0.2) is 0 Å². The molecule has 0 radical (unpaired) electrons. The minimum Gasteiger partial charge on any atom is -0.396 e. The van der Waals surface area contributed by atoms with Crippen molar-refractivity contribution >= 4 is 11.6 Å². The fourth-order valence-electron chi connectivity index (χ4n) is 3.31. The molecule has 1 aliphatic rings. The van der Waals surface area contributed by atoms with Gasteiger partial charge in [0.05, 0.1) is 0 Å². The van der Waals surface area contributed by atoms with Crippen molar-refractivity contribution < 1.29 is 9.90 Å². The Kier molecular flexibility index (Phi) is 5.66. The third-order valence-electron chi connectivity index (χ3n) is 4.76. The highest BCUT2D eigenvalue weighted by molar-refractivity contribution is 5.95. The molecule has 2 unspecified atom stereocenters. The van der Waals surface area contributed by atoms with Gasteiger partial charge in [-0.1, -0.05) is 6.07 Å². The Balaban J connectivity index is 1.69. The number of carbonyl (C=O) groups is 1. The van der Waals surface area contributed by atoms with Crippen LogP contribution >= 0.6 is 0 Å². The van der Waals surface area contributed by atoms with Gasteiger partial charge in [0, 0.05) is 49.4 Å². The maximum Gasteiger partial charge on any atom is 0.253 e. The van der Waals surface area contributed by atoms with Crippen molar-refractivity contribution in [1.29, 1.82) is 0 Å². The molecule has 5 nitrogen and oxygen atoms in total. The summed E-state index contributed by atoms with van der Waals surface area (Å²) in [5.41, 5.74) is 2.75. The van der Waals surface area contributed by atoms with Crippen LogP contribution in [0.2, 0.25) is 0 Å². The molecule has 0 spiro atoms. The van der Waals surface area contributed by atoms with Gasteiger partial charge < -0.3 is 15.3 Å². The first-order valence-electron chi connectivity index (χ1n) is 8.84. The van der Waals surface area contributed by atoms with Crippen LogP contribution in [0.15, 0.2) is 48.8 Å². The highest BCUT2D eigenvalue weighted by Crippen LogP contribution is 2.22. The van der Waals surface area contributed by atoms with E-state index in [2.05, 4.69) is 17.2 Å². The summed E-state index contributed by atoms with van der Waals surface area (Å²) in [5.74, 6) is 0.240. The van der Waals surface area contributed by atoms with E-state index in [0.29, 0.717) is 12.1 Å². The van der Waals surface area contributed by atoms with Crippen LogP contribution in [0.3, 0.4) is 0 Å². The zero-order valence-corrected chi connectivity index (χ0v) is 14.6. The Morgan fingerprint density at radius 2 is 2.16 bits per heavy atom. The molecule has 132 valence electrons. The normalized spacial score (nSPS) is 18.6. The highest BCUT2D eigenvalue weighted by Gasteiger charge is 2.24. The Labute approximate surface area is 148 Å². The summed E-state index contributed by atoms with van der Waals surface area (Å²) in [6, 6.07) is 11.7. The second-order valence-corrected chi connectivity index (χ2v) is 6.67. The number of likely N-dealkylation sites (tertiary alicyclic amines) is 1. The number of piperidine rings is 1. The maximum atomic E-state index is 12.8. The molecule has 2 atom stereocenters. The molecule has 1 amide bonds. The van der Waals surface area contributed by atoms with Gasteiger partial charge in [-0.05, 0) is 61.6 Å². The topological polar surface area (TPSA) is 65.5 Å². The van der Waals surface area contributed by atoms with Crippen molar-refractivity contribution in [2.24, 2.45) is 5.92 Å². The van der Waals surface area contributed by atoms with Crippen LogP contribution in [0.1, 0.15) is 41.7 Å². The number of anilines is 1. The van der Waals surface area contributed by atoms with Crippen molar-refractivity contribution in [2.75, 3.05) is 25.0 Å². The summed E-state index contributed by atoms with van der Waals surface area (Å²) >= 11 is 0. The molecule has 0 bridgehead atoms. The second-order valence-electron chi connectivity index (χ2n) is 6.67. The number of hydrogen-bond donors (Lipinski definition) is 2. The molecule has 2 aromatic rings. The van der Waals surface area contributed by atoms with E-state index in [9.17, 15) is 9.90 Å². The Morgan fingerprint density at radius 1 is 1.36 bits per heavy atom. The van der Waals surface area contributed by atoms with Crippen LogP contribution in [0.4, 0.5) is 5.69 Å². The quantitative estimate of drug-likeness (QED) is 0.878. The third kappa shape index (κ3) is 4.37. The molecule has 3 rings (SSSR count). The van der Waals surface area contributed by atoms with Crippen LogP contribution in [-0.4, -0.2) is 40.6 Å². The average Bonchev–Trinajstić information content (AvgIpc) is 2.68. The second kappa shape index (κ2) is 8.12. The Bertz CT molecular complexity index is 705. The summed E-state index contributed by atoms with van der Waals surface area (Å²) in [4.78, 5) is 18.7. The Morgan fingerprint density at radius 3 is 2.92 bits per heavy atom. The molecular formula is C20H25N3O2. The monoisotopic (exact) mass is 339 g/mol. The van der Waals surface area contributed by atoms with Gasteiger partial charge in [-0.2, -0.15) is 0 Å². The van der Waals surface area contributed by atoms with Crippen LogP contribution in [0.25, 0.3) is 0 Å². The molecule has 25 heavy (non-hydrogen) atoms. The van der Waals surface area contributed by atoms with Crippen LogP contribution < -0.4 is 5.32 Å². The van der Waals surface area contributed by atoms with Gasteiger partial charge in [0.15, 0.2) is 0 Å². The van der Waals surface area contributed by atoms with Gasteiger partial charge in [0.1, 0.15) is 0 Å². The smallest absolute Gasteiger partial charge is 0.253 e. The minimum absolute atomic E-state index is 0.0402. The Hall–Kier alpha value is -2.40. The van der Waals surface area contributed by atoms with Crippen molar-refractivity contribution in [1.82, 2.24) is 9.88 Å². The lowest BCUT2D eigenvalue weighted by atomic mass is 9.98. The summed E-state index contributed by atoms with van der Waals surface area (Å²) in [6.07, 6.45) is 5.50. The van der Waals surface area contributed by atoms with E-state index >= 15 is 0 Å². The molecule has 0 saturated carbocycles. The lowest BCUT2D eigenvalue weighted by molar-refractivity contribution is 0.0621. The predicted molar refractivity (Wildman–Crippen MR) is 98.4 cm³/mol. The van der Waals surface area contributed by atoms with Gasteiger partial charge >= 0.3 is 0 Å². The average molecular weight is 339 g/mol. The summed E-state index contributed by atoms with van der Waals surface area (Å²) in [7, 11) is 0. The number of amides is 1. The van der Waals surface area contributed by atoms with E-state index in [1.165, 1.54) is 0 Å². The number of benzene rings is 1. The number of rotatable bonds is 5. The van der Waals surface area contributed by atoms with Crippen molar-refractivity contribution in [3.05, 3.63) is 59.9 Å². The van der Waals surface area contributed by atoms with Gasteiger partial charge in [0.25, 0.3) is 5.91 Å². The van der Waals surface area contributed by atoms with Crippen molar-refractivity contribution in [2.45, 2.75) is 25.8 Å². The molecule has 2 N–H and O–H groups in total. The number of nitrogens with one attached hydrogen (secondary N) is 1. The summed E-state index contributed by atoms with van der Waals surface area (Å²) in [6.45, 7) is 3.63. The number of aliphatic hydroxyl groups is 1. The fourth-order valence-corrected chi connectivity index (χ4v) is 3.31. The standard InChI is InChI=1S/C20H25N3O2/c1-15(17-7-9-21-10-8-17)22-19-6-2-5-18(12-19)20(25)23-11-3-4-16(13-23)14-24/h2,5-10,12,15-16,22,24H,3-4,11,13-14H2,1H3. The van der Waals surface area contributed by atoms with E-state index in [-0.39, 0.29) is 24.5 Å². The highest BCUT2D eigenvalue weighted by atomic mass is 16.3. The molecule has 5 heteroatoms. The number of hydrogen-bond acceptors (Lipinski definition) is 4. The zero-order valence-electron chi connectivity index (χ0n) is 14.6. The number of pyridine rings is 1. The maximum absolute atomic E-state index is 12.8. The minimum atomic E-state index is 0.0402. The van der Waals surface area contributed by atoms with Crippen LogP contribution in [0.5, 0.6) is 0 Å². The van der Waals surface area contributed by atoms with Gasteiger partial charge in [0.2, 0.25) is 0 Å². The number of nitrogens with zero attached hydrogens (tertiary/aromatic N) is 2. The van der Waals surface area contributed by atoms with E-state index in [1.54, 1.807) is 12.4 Å². The largest absolute Gasteiger partial charge is 0.396 e. The van der Waals surface area contributed by atoms with Crippen LogP contribution in [-0.2, 0) is 0 Å². The molecular weight excluding hydrogens is 314 g/mol. The molecule has 1 aliphatic heterocycles. The van der Waals surface area contributed by atoms with E-state index in [4.69, 9.17) is 0 Å². The molecule has 1 saturated heterocycles. The number of carbonyl (C=O) groups excluding carboxylic acids is 1. The summed E-state index contributed by atoms with van der Waals surface area (Å²) < 4.78 is 0.